The first-order chi connectivity index (χ1) is 13.2. The first-order valence-corrected chi connectivity index (χ1v) is 9.64. The Kier molecular flexibility index (Phi) is 12.8. The molecule has 1 aromatic carbocycles. The van der Waals surface area contributed by atoms with Crippen molar-refractivity contribution in [2.75, 3.05) is 45.8 Å². The zero-order valence-corrected chi connectivity index (χ0v) is 19.2. The smallest absolute Gasteiger partial charge is 0.227 e. The molecule has 7 nitrogen and oxygen atoms in total. The first-order valence-electron chi connectivity index (χ1n) is 9.64. The highest BCUT2D eigenvalue weighted by Gasteiger charge is 2.25. The summed E-state index contributed by atoms with van der Waals surface area (Å²) in [7, 11) is 3.41. The van der Waals surface area contributed by atoms with Crippen LogP contribution in [0.15, 0.2) is 29.3 Å². The van der Waals surface area contributed by atoms with Gasteiger partial charge in [-0.3, -0.25) is 9.79 Å². The van der Waals surface area contributed by atoms with Gasteiger partial charge in [0.25, 0.3) is 0 Å². The average molecular weight is 504 g/mol. The van der Waals surface area contributed by atoms with Crippen molar-refractivity contribution in [1.29, 1.82) is 0 Å². The summed E-state index contributed by atoms with van der Waals surface area (Å²) >= 11 is 0. The summed E-state index contributed by atoms with van der Waals surface area (Å²) in [5.41, 5.74) is 1.94. The molecule has 1 fully saturated rings. The van der Waals surface area contributed by atoms with E-state index >= 15 is 0 Å². The van der Waals surface area contributed by atoms with E-state index in [1.54, 1.807) is 14.2 Å². The third-order valence-corrected chi connectivity index (χ3v) is 4.54. The summed E-state index contributed by atoms with van der Waals surface area (Å²) < 4.78 is 10.4. The molecule has 0 saturated heterocycles. The van der Waals surface area contributed by atoms with Gasteiger partial charge in [0.1, 0.15) is 0 Å². The van der Waals surface area contributed by atoms with Gasteiger partial charge in [0.05, 0.1) is 13.2 Å². The fourth-order valence-electron chi connectivity index (χ4n) is 2.71. The van der Waals surface area contributed by atoms with E-state index in [1.165, 1.54) is 0 Å². The lowest BCUT2D eigenvalue weighted by Crippen LogP contribution is -2.37. The molecular formula is C20H33IN4O3. The van der Waals surface area contributed by atoms with Gasteiger partial charge < -0.3 is 25.4 Å². The Morgan fingerprint density at radius 2 is 2.04 bits per heavy atom. The molecule has 2 rings (SSSR count). The van der Waals surface area contributed by atoms with Crippen molar-refractivity contribution in [3.63, 3.8) is 0 Å². The monoisotopic (exact) mass is 504 g/mol. The molecule has 0 radical (unpaired) electrons. The van der Waals surface area contributed by atoms with Crippen molar-refractivity contribution in [3.8, 4) is 0 Å². The van der Waals surface area contributed by atoms with Gasteiger partial charge in [-0.05, 0) is 37.0 Å². The van der Waals surface area contributed by atoms with Crippen LogP contribution in [0, 0.1) is 5.92 Å². The zero-order chi connectivity index (χ0) is 19.3. The molecule has 1 saturated carbocycles. The number of anilines is 1. The topological polar surface area (TPSA) is 84.0 Å². The molecule has 0 bridgehead atoms. The van der Waals surface area contributed by atoms with Crippen molar-refractivity contribution < 1.29 is 14.3 Å². The van der Waals surface area contributed by atoms with E-state index in [4.69, 9.17) is 9.47 Å². The molecule has 28 heavy (non-hydrogen) atoms. The van der Waals surface area contributed by atoms with Crippen LogP contribution in [0.5, 0.6) is 0 Å². The number of benzene rings is 1. The van der Waals surface area contributed by atoms with Crippen LogP contribution < -0.4 is 16.0 Å². The van der Waals surface area contributed by atoms with Gasteiger partial charge in [-0.25, -0.2) is 0 Å². The number of hydrogen-bond acceptors (Lipinski definition) is 4. The summed E-state index contributed by atoms with van der Waals surface area (Å²) in [4.78, 5) is 16.3. The van der Waals surface area contributed by atoms with Crippen molar-refractivity contribution in [2.24, 2.45) is 10.9 Å². The maximum absolute atomic E-state index is 12.1. The lowest BCUT2D eigenvalue weighted by Gasteiger charge is -2.24. The maximum Gasteiger partial charge on any atom is 0.227 e. The van der Waals surface area contributed by atoms with E-state index in [0.29, 0.717) is 26.4 Å². The normalized spacial score (nSPS) is 14.0. The quantitative estimate of drug-likeness (QED) is 0.187. The lowest BCUT2D eigenvalue weighted by molar-refractivity contribution is -0.122. The molecule has 1 aliphatic rings. The van der Waals surface area contributed by atoms with Crippen LogP contribution in [-0.4, -0.2) is 52.4 Å². The molecule has 0 atom stereocenters. The van der Waals surface area contributed by atoms with E-state index in [0.717, 1.165) is 49.4 Å². The molecule has 1 aliphatic carbocycles. The van der Waals surface area contributed by atoms with Crippen LogP contribution in [0.4, 0.5) is 5.69 Å². The van der Waals surface area contributed by atoms with E-state index in [9.17, 15) is 4.79 Å². The molecule has 0 heterocycles. The Morgan fingerprint density at radius 3 is 2.71 bits per heavy atom. The van der Waals surface area contributed by atoms with E-state index < -0.39 is 0 Å². The SMILES string of the molecule is CN=C(NCCCOCCOC)NCc1cccc(NC(=O)C2CCC2)c1.I. The number of carbonyl (C=O) groups is 1. The number of methoxy groups -OCH3 is 1. The molecule has 8 heteroatoms. The summed E-state index contributed by atoms with van der Waals surface area (Å²) in [6, 6.07) is 7.92. The summed E-state index contributed by atoms with van der Waals surface area (Å²) in [5, 5.41) is 9.57. The highest BCUT2D eigenvalue weighted by atomic mass is 127. The Labute approximate surface area is 185 Å². The zero-order valence-electron chi connectivity index (χ0n) is 16.8. The Balaban J connectivity index is 0.00000392. The Hall–Kier alpha value is -1.39. The van der Waals surface area contributed by atoms with Gasteiger partial charge in [-0.1, -0.05) is 18.6 Å². The number of hydrogen-bond donors (Lipinski definition) is 3. The second-order valence-electron chi connectivity index (χ2n) is 6.63. The molecule has 3 N–H and O–H groups in total. The van der Waals surface area contributed by atoms with Gasteiger partial charge in [-0.15, -0.1) is 24.0 Å². The molecular weight excluding hydrogens is 471 g/mol. The summed E-state index contributed by atoms with van der Waals surface area (Å²) in [6.07, 6.45) is 4.07. The molecule has 0 unspecified atom stereocenters. The average Bonchev–Trinajstić information content (AvgIpc) is 2.62. The molecule has 0 spiro atoms. The number of ether oxygens (including phenoxy) is 2. The molecule has 158 valence electrons. The fourth-order valence-corrected chi connectivity index (χ4v) is 2.71. The number of nitrogens with one attached hydrogen (secondary N) is 3. The third-order valence-electron chi connectivity index (χ3n) is 4.54. The first kappa shape index (κ1) is 24.6. The van der Waals surface area contributed by atoms with Crippen molar-refractivity contribution in [3.05, 3.63) is 29.8 Å². The van der Waals surface area contributed by atoms with E-state index in [2.05, 4.69) is 20.9 Å². The van der Waals surface area contributed by atoms with Crippen molar-refractivity contribution >= 4 is 41.5 Å². The van der Waals surface area contributed by atoms with Gasteiger partial charge in [0, 0.05) is 45.5 Å². The molecule has 1 amide bonds. The molecule has 0 aromatic heterocycles. The number of aliphatic imine (C=N–C) groups is 1. The highest BCUT2D eigenvalue weighted by Crippen LogP contribution is 2.27. The number of nitrogens with zero attached hydrogens (tertiary/aromatic N) is 1. The predicted octanol–water partition coefficient (Wildman–Crippen LogP) is 2.76. The number of rotatable bonds is 11. The van der Waals surface area contributed by atoms with Gasteiger partial charge in [-0.2, -0.15) is 0 Å². The highest BCUT2D eigenvalue weighted by molar-refractivity contribution is 14.0. The number of guanidine groups is 1. The largest absolute Gasteiger partial charge is 0.382 e. The minimum atomic E-state index is 0. The molecule has 0 aliphatic heterocycles. The third kappa shape index (κ3) is 9.20. The van der Waals surface area contributed by atoms with Crippen LogP contribution in [-0.2, 0) is 20.8 Å². The number of halogens is 1. The maximum atomic E-state index is 12.1. The second-order valence-corrected chi connectivity index (χ2v) is 6.63. The van der Waals surface area contributed by atoms with E-state index in [1.807, 2.05) is 24.3 Å². The van der Waals surface area contributed by atoms with Gasteiger partial charge in [0.15, 0.2) is 5.96 Å². The minimum absolute atomic E-state index is 0. The Morgan fingerprint density at radius 1 is 1.21 bits per heavy atom. The predicted molar refractivity (Wildman–Crippen MR) is 123 cm³/mol. The number of carbonyl (C=O) groups excluding carboxylic acids is 1. The van der Waals surface area contributed by atoms with Crippen LogP contribution >= 0.6 is 24.0 Å². The number of amides is 1. The van der Waals surface area contributed by atoms with Gasteiger partial charge in [0.2, 0.25) is 5.91 Å². The lowest BCUT2D eigenvalue weighted by atomic mass is 9.85. The van der Waals surface area contributed by atoms with Crippen molar-refractivity contribution in [1.82, 2.24) is 10.6 Å². The second kappa shape index (κ2) is 14.6. The fraction of sp³-hybridized carbons (Fsp3) is 0.600. The van der Waals surface area contributed by atoms with Crippen molar-refractivity contribution in [2.45, 2.75) is 32.2 Å². The van der Waals surface area contributed by atoms with Crippen LogP contribution in [0.1, 0.15) is 31.2 Å². The van der Waals surface area contributed by atoms with Gasteiger partial charge >= 0.3 is 0 Å². The van der Waals surface area contributed by atoms with E-state index in [-0.39, 0.29) is 35.8 Å². The summed E-state index contributed by atoms with van der Waals surface area (Å²) in [6.45, 7) is 3.35. The standard InChI is InChI=1S/C20H32N4O3.HI/c1-21-20(22-10-5-11-27-13-12-26-2)23-15-16-6-3-9-18(14-16)24-19(25)17-7-4-8-17;/h3,6,9,14,17H,4-5,7-8,10-13,15H2,1-2H3,(H,24,25)(H2,21,22,23);1H. The summed E-state index contributed by atoms with van der Waals surface area (Å²) in [5.74, 6) is 1.07. The Bertz CT molecular complexity index is 609. The van der Waals surface area contributed by atoms with Crippen LogP contribution in [0.25, 0.3) is 0 Å². The van der Waals surface area contributed by atoms with Crippen LogP contribution in [0.3, 0.4) is 0 Å². The molecule has 1 aromatic rings. The minimum Gasteiger partial charge on any atom is -0.382 e. The van der Waals surface area contributed by atoms with Crippen LogP contribution in [0.2, 0.25) is 0 Å².